The molecule has 1 saturated carbocycles. The Morgan fingerprint density at radius 2 is 1.91 bits per heavy atom. The summed E-state index contributed by atoms with van der Waals surface area (Å²) in [6.45, 7) is 3.28. The highest BCUT2D eigenvalue weighted by molar-refractivity contribution is 5.81. The third-order valence-electron chi connectivity index (χ3n) is 6.20. The van der Waals surface area contributed by atoms with E-state index in [1.807, 2.05) is 6.07 Å². The fraction of sp³-hybridized carbons (Fsp3) is 0.700. The molecular formula is C20H27F3N4O5. The van der Waals surface area contributed by atoms with Crippen LogP contribution in [0, 0.1) is 11.3 Å². The first kappa shape index (κ1) is 24.0. The maximum atomic E-state index is 12.2. The van der Waals surface area contributed by atoms with Crippen LogP contribution in [0.5, 0.6) is 5.88 Å². The van der Waals surface area contributed by atoms with E-state index in [0.29, 0.717) is 12.5 Å². The Labute approximate surface area is 183 Å². The van der Waals surface area contributed by atoms with E-state index in [2.05, 4.69) is 20.2 Å². The van der Waals surface area contributed by atoms with E-state index in [1.54, 1.807) is 13.4 Å². The van der Waals surface area contributed by atoms with Crippen LogP contribution in [0.4, 0.5) is 19.0 Å². The standard InChI is InChI=1S/C18H26N4O3.C2HF3O2/c1-24-16-10-15(19-12-20-16)22-7-4-18(5-8-22)6-9-25-11-14(18)21-17(23)13-2-3-13;3-2(4,5)1(6)7/h10,12-14H,2-9,11H2,1H3,(H,21,23);(H,6,7). The van der Waals surface area contributed by atoms with Crippen molar-refractivity contribution in [1.82, 2.24) is 15.3 Å². The second-order valence-corrected chi connectivity index (χ2v) is 8.23. The maximum absolute atomic E-state index is 12.2. The number of ether oxygens (including phenoxy) is 2. The molecule has 3 heterocycles. The number of rotatable bonds is 4. The van der Waals surface area contributed by atoms with Crippen molar-refractivity contribution >= 4 is 17.7 Å². The number of piperidine rings is 1. The first-order valence-corrected chi connectivity index (χ1v) is 10.4. The minimum Gasteiger partial charge on any atom is -0.481 e. The van der Waals surface area contributed by atoms with Crippen molar-refractivity contribution in [3.05, 3.63) is 12.4 Å². The zero-order valence-corrected chi connectivity index (χ0v) is 17.7. The van der Waals surface area contributed by atoms with Crippen molar-refractivity contribution in [3.8, 4) is 5.88 Å². The molecule has 0 bridgehead atoms. The average molecular weight is 460 g/mol. The van der Waals surface area contributed by atoms with Crippen molar-refractivity contribution in [1.29, 1.82) is 0 Å². The fourth-order valence-corrected chi connectivity index (χ4v) is 4.05. The molecule has 1 unspecified atom stereocenters. The third kappa shape index (κ3) is 5.99. The Morgan fingerprint density at radius 1 is 1.25 bits per heavy atom. The fourth-order valence-electron chi connectivity index (χ4n) is 4.05. The highest BCUT2D eigenvalue weighted by Gasteiger charge is 2.45. The van der Waals surface area contributed by atoms with Crippen molar-refractivity contribution in [3.63, 3.8) is 0 Å². The molecule has 32 heavy (non-hydrogen) atoms. The van der Waals surface area contributed by atoms with Gasteiger partial charge in [0.15, 0.2) is 0 Å². The van der Waals surface area contributed by atoms with Crippen LogP contribution in [0.1, 0.15) is 32.1 Å². The molecule has 2 saturated heterocycles. The van der Waals surface area contributed by atoms with E-state index in [1.165, 1.54) is 0 Å². The van der Waals surface area contributed by atoms with Crippen LogP contribution in [0.3, 0.4) is 0 Å². The molecule has 1 aromatic heterocycles. The molecule has 9 nitrogen and oxygen atoms in total. The van der Waals surface area contributed by atoms with E-state index in [9.17, 15) is 18.0 Å². The molecule has 1 spiro atoms. The molecule has 0 aromatic carbocycles. The number of nitrogens with one attached hydrogen (secondary N) is 1. The lowest BCUT2D eigenvalue weighted by atomic mass is 9.69. The largest absolute Gasteiger partial charge is 0.490 e. The Bertz CT molecular complexity index is 811. The summed E-state index contributed by atoms with van der Waals surface area (Å²) < 4.78 is 42.6. The molecular weight excluding hydrogens is 433 g/mol. The smallest absolute Gasteiger partial charge is 0.481 e. The summed E-state index contributed by atoms with van der Waals surface area (Å²) in [6.07, 6.45) is 1.64. The Hall–Kier alpha value is -2.63. The summed E-state index contributed by atoms with van der Waals surface area (Å²) >= 11 is 0. The van der Waals surface area contributed by atoms with Gasteiger partial charge in [0.05, 0.1) is 19.8 Å². The van der Waals surface area contributed by atoms with Crippen molar-refractivity contribution in [2.75, 3.05) is 38.3 Å². The van der Waals surface area contributed by atoms with E-state index >= 15 is 0 Å². The summed E-state index contributed by atoms with van der Waals surface area (Å²) in [6, 6.07) is 2.02. The molecule has 4 rings (SSSR count). The molecule has 2 N–H and O–H groups in total. The zero-order chi connectivity index (χ0) is 23.4. The molecule has 1 atom stereocenters. The van der Waals surface area contributed by atoms with Gasteiger partial charge in [0.2, 0.25) is 11.8 Å². The normalized spacial score (nSPS) is 22.5. The Morgan fingerprint density at radius 3 is 2.47 bits per heavy atom. The van der Waals surface area contributed by atoms with Crippen LogP contribution < -0.4 is 15.0 Å². The number of halogens is 3. The molecule has 0 radical (unpaired) electrons. The topological polar surface area (TPSA) is 114 Å². The van der Waals surface area contributed by atoms with Gasteiger partial charge in [-0.15, -0.1) is 0 Å². The number of aromatic nitrogens is 2. The highest BCUT2D eigenvalue weighted by Crippen LogP contribution is 2.42. The lowest BCUT2D eigenvalue weighted by molar-refractivity contribution is -0.192. The van der Waals surface area contributed by atoms with Crippen LogP contribution in [-0.2, 0) is 14.3 Å². The van der Waals surface area contributed by atoms with Crippen molar-refractivity contribution in [2.24, 2.45) is 11.3 Å². The van der Waals surface area contributed by atoms with Crippen LogP contribution >= 0.6 is 0 Å². The van der Waals surface area contributed by atoms with Crippen LogP contribution in [0.2, 0.25) is 0 Å². The highest BCUT2D eigenvalue weighted by atomic mass is 19.4. The monoisotopic (exact) mass is 460 g/mol. The van der Waals surface area contributed by atoms with E-state index < -0.39 is 12.1 Å². The number of amides is 1. The molecule has 1 amide bonds. The number of aliphatic carboxylic acids is 1. The number of anilines is 1. The maximum Gasteiger partial charge on any atom is 0.490 e. The molecule has 1 aliphatic carbocycles. The van der Waals surface area contributed by atoms with Gasteiger partial charge in [0, 0.05) is 31.7 Å². The molecule has 3 fully saturated rings. The van der Waals surface area contributed by atoms with E-state index in [4.69, 9.17) is 19.4 Å². The second-order valence-electron chi connectivity index (χ2n) is 8.23. The first-order valence-electron chi connectivity index (χ1n) is 10.4. The quantitative estimate of drug-likeness (QED) is 0.702. The minimum absolute atomic E-state index is 0.136. The number of carbonyl (C=O) groups excluding carboxylic acids is 1. The van der Waals surface area contributed by atoms with E-state index in [0.717, 1.165) is 57.6 Å². The number of carboxylic acids is 1. The summed E-state index contributed by atoms with van der Waals surface area (Å²) in [7, 11) is 1.62. The first-order chi connectivity index (χ1) is 15.1. The van der Waals surface area contributed by atoms with Gasteiger partial charge in [-0.05, 0) is 37.5 Å². The van der Waals surface area contributed by atoms with Gasteiger partial charge in [-0.3, -0.25) is 4.79 Å². The summed E-state index contributed by atoms with van der Waals surface area (Å²) in [5.74, 6) is -0.795. The van der Waals surface area contributed by atoms with Gasteiger partial charge in [0.25, 0.3) is 0 Å². The number of carbonyl (C=O) groups is 2. The van der Waals surface area contributed by atoms with Crippen LogP contribution in [0.15, 0.2) is 12.4 Å². The average Bonchev–Trinajstić information content (AvgIpc) is 3.61. The third-order valence-corrected chi connectivity index (χ3v) is 6.20. The molecule has 2 aliphatic heterocycles. The van der Waals surface area contributed by atoms with Crippen molar-refractivity contribution in [2.45, 2.75) is 44.3 Å². The van der Waals surface area contributed by atoms with Gasteiger partial charge < -0.3 is 24.8 Å². The van der Waals surface area contributed by atoms with Crippen LogP contribution in [0.25, 0.3) is 0 Å². The second kappa shape index (κ2) is 9.88. The van der Waals surface area contributed by atoms with Gasteiger partial charge in [-0.2, -0.15) is 13.2 Å². The Kier molecular flexibility index (Phi) is 7.42. The molecule has 1 aromatic rings. The number of alkyl halides is 3. The predicted octanol–water partition coefficient (Wildman–Crippen LogP) is 2.02. The summed E-state index contributed by atoms with van der Waals surface area (Å²) in [5, 5.41) is 10.4. The number of hydrogen-bond donors (Lipinski definition) is 2. The van der Waals surface area contributed by atoms with E-state index in [-0.39, 0.29) is 23.3 Å². The van der Waals surface area contributed by atoms with Gasteiger partial charge >= 0.3 is 12.1 Å². The zero-order valence-electron chi connectivity index (χ0n) is 17.7. The predicted molar refractivity (Wildman–Crippen MR) is 106 cm³/mol. The number of carboxylic acid groups (broad SMARTS) is 1. The van der Waals surface area contributed by atoms with Gasteiger partial charge in [-0.25, -0.2) is 14.8 Å². The molecule has 12 heteroatoms. The summed E-state index contributed by atoms with van der Waals surface area (Å²) in [4.78, 5) is 31.9. The molecule has 3 aliphatic rings. The van der Waals surface area contributed by atoms with Crippen molar-refractivity contribution < 1.29 is 37.3 Å². The number of methoxy groups -OCH3 is 1. The number of hydrogen-bond acceptors (Lipinski definition) is 7. The Balaban J connectivity index is 0.000000360. The lowest BCUT2D eigenvalue weighted by Gasteiger charge is -2.49. The lowest BCUT2D eigenvalue weighted by Crippen LogP contribution is -2.58. The SMILES string of the molecule is COc1cc(N2CCC3(CCOCC3NC(=O)C3CC3)CC2)ncn1.O=C(O)C(F)(F)F. The number of nitrogens with zero attached hydrogens (tertiary/aromatic N) is 3. The van der Waals surface area contributed by atoms with Gasteiger partial charge in [-0.1, -0.05) is 0 Å². The summed E-state index contributed by atoms with van der Waals surface area (Å²) in [5.41, 5.74) is 0.149. The minimum atomic E-state index is -5.08. The molecule has 178 valence electrons. The van der Waals surface area contributed by atoms with Gasteiger partial charge in [0.1, 0.15) is 12.1 Å². The van der Waals surface area contributed by atoms with Crippen LogP contribution in [-0.4, -0.2) is 72.6 Å².